The van der Waals surface area contributed by atoms with Crippen LogP contribution < -0.4 is 16.1 Å². The maximum atomic E-state index is 11.3. The molecule has 1 saturated heterocycles. The van der Waals surface area contributed by atoms with Gasteiger partial charge in [0.1, 0.15) is 22.9 Å². The first kappa shape index (κ1) is 45.2. The number of carboxylic acids is 2. The second kappa shape index (κ2) is 19.3. The summed E-state index contributed by atoms with van der Waals surface area (Å²) < 4.78 is 16.0. The maximum absolute atomic E-state index is 11.3. The highest BCUT2D eigenvalue weighted by molar-refractivity contribution is 9.10. The van der Waals surface area contributed by atoms with Crippen molar-refractivity contribution in [2.45, 2.75) is 65.8 Å². The fourth-order valence-corrected chi connectivity index (χ4v) is 7.09. The molecule has 0 bridgehead atoms. The van der Waals surface area contributed by atoms with Gasteiger partial charge in [0.2, 0.25) is 0 Å². The Morgan fingerprint density at radius 3 is 1.61 bits per heavy atom. The molecule has 1 aliphatic heterocycles. The van der Waals surface area contributed by atoms with Gasteiger partial charge in [0.15, 0.2) is 11.4 Å². The number of aromatic nitrogens is 6. The van der Waals surface area contributed by atoms with Gasteiger partial charge in [0.25, 0.3) is 0 Å². The molecule has 64 heavy (non-hydrogen) atoms. The minimum Gasteiger partial charge on any atom is -0.477 e. The molecule has 16 heteroatoms. The molecular weight excluding hydrogens is 875 g/mol. The lowest BCUT2D eigenvalue weighted by molar-refractivity contribution is 0.00578. The number of rotatable bonds is 10. The highest BCUT2D eigenvalue weighted by Gasteiger charge is 2.51. The highest BCUT2D eigenvalue weighted by Crippen LogP contribution is 2.36. The van der Waals surface area contributed by atoms with Crippen LogP contribution in [0.5, 0.6) is 0 Å². The molecular formula is C48H48BBrN8O6. The van der Waals surface area contributed by atoms with Crippen molar-refractivity contribution >= 4 is 63.4 Å². The quantitative estimate of drug-likeness (QED) is 0.0959. The third-order valence-electron chi connectivity index (χ3n) is 10.9. The highest BCUT2D eigenvalue weighted by atomic mass is 79.9. The molecule has 14 nitrogen and oxygen atoms in total. The van der Waals surface area contributed by atoms with Gasteiger partial charge in [0.05, 0.1) is 23.6 Å². The van der Waals surface area contributed by atoms with Crippen LogP contribution in [0.15, 0.2) is 139 Å². The molecule has 1 aliphatic rings. The number of anilines is 2. The number of fused-ring (bicyclic) bond motifs is 2. The van der Waals surface area contributed by atoms with Crippen molar-refractivity contribution < 1.29 is 29.1 Å². The number of hydrogen-bond donors (Lipinski definition) is 4. The molecule has 2 aromatic carbocycles. The first-order valence-electron chi connectivity index (χ1n) is 20.5. The molecule has 7 heterocycles. The number of nitrogens with zero attached hydrogens (tertiary/aromatic N) is 6. The zero-order chi connectivity index (χ0) is 45.6. The maximum Gasteiger partial charge on any atom is 0.496 e. The fourth-order valence-electron chi connectivity index (χ4n) is 6.75. The van der Waals surface area contributed by atoms with Crippen LogP contribution in [0.1, 0.15) is 70.9 Å². The van der Waals surface area contributed by atoms with E-state index in [2.05, 4.69) is 131 Å². The molecule has 6 aromatic heterocycles. The monoisotopic (exact) mass is 922 g/mol. The average molecular weight is 924 g/mol. The van der Waals surface area contributed by atoms with Crippen LogP contribution >= 0.6 is 15.9 Å². The summed E-state index contributed by atoms with van der Waals surface area (Å²) in [6.45, 7) is 13.8. The van der Waals surface area contributed by atoms with Gasteiger partial charge in [-0.2, -0.15) is 0 Å². The molecule has 0 aliphatic carbocycles. The molecule has 1 fully saturated rings. The molecule has 0 radical (unpaired) electrons. The SMILES string of the molecule is Cc1cccc(CNc2ccc(-c3ccc4ncc(C(=O)O)n4c3)cn2)c1.Cc1cccc(CNc2ccc(B3OC(C)(C)C(C)(C)O3)cn2)c1.O=C(O)c1cnc2ccc(Br)cn12. The zero-order valence-corrected chi connectivity index (χ0v) is 37.9. The number of halogens is 1. The Bertz CT molecular complexity index is 2900. The number of nitrogens with one attached hydrogen (secondary N) is 2. The number of benzene rings is 2. The number of imidazole rings is 2. The first-order chi connectivity index (χ1) is 30.5. The Morgan fingerprint density at radius 2 is 1.12 bits per heavy atom. The summed E-state index contributed by atoms with van der Waals surface area (Å²) in [7, 11) is -0.367. The summed E-state index contributed by atoms with van der Waals surface area (Å²) in [4.78, 5) is 39.0. The third kappa shape index (κ3) is 10.8. The summed E-state index contributed by atoms with van der Waals surface area (Å²) in [5, 5.41) is 24.7. The van der Waals surface area contributed by atoms with Gasteiger partial charge in [0, 0.05) is 58.9 Å². The molecule has 0 saturated carbocycles. The van der Waals surface area contributed by atoms with Crippen molar-refractivity contribution in [2.24, 2.45) is 0 Å². The second-order valence-corrected chi connectivity index (χ2v) is 17.2. The molecule has 0 spiro atoms. The van der Waals surface area contributed by atoms with Crippen LogP contribution in [-0.2, 0) is 22.4 Å². The molecule has 9 rings (SSSR count). The number of aryl methyl sites for hydroxylation is 2. The van der Waals surface area contributed by atoms with Crippen molar-refractivity contribution in [1.29, 1.82) is 0 Å². The third-order valence-corrected chi connectivity index (χ3v) is 11.4. The summed E-state index contributed by atoms with van der Waals surface area (Å²) in [6, 6.07) is 31.9. The Hall–Kier alpha value is -6.88. The van der Waals surface area contributed by atoms with Gasteiger partial charge in [-0.15, -0.1) is 0 Å². The molecule has 8 aromatic rings. The zero-order valence-electron chi connectivity index (χ0n) is 36.3. The van der Waals surface area contributed by atoms with E-state index in [0.717, 1.165) is 39.2 Å². The van der Waals surface area contributed by atoms with Crippen LogP contribution in [0.4, 0.5) is 11.6 Å². The standard InChI is InChI=1S/C21H18N4O2.C19H25BN2O2.C8H5BrN2O2/c1-14-3-2-4-15(9-14)10-22-19-7-5-16(11-23-19)17-6-8-20-24-12-18(21(26)27)25(20)13-17;1-14-7-6-8-15(11-14)12-21-17-10-9-16(13-22-17)20-23-18(2,3)19(4,5)24-20;9-5-1-2-7-10-3-6(8(12)13)11(7)4-5/h2-9,11-13H,10H2,1H3,(H,22,23)(H,26,27);6-11,13H,12H2,1-5H3,(H,21,22);1-4H,(H,12,13). The van der Waals surface area contributed by atoms with Crippen LogP contribution in [0.2, 0.25) is 0 Å². The van der Waals surface area contributed by atoms with E-state index in [9.17, 15) is 14.7 Å². The van der Waals surface area contributed by atoms with Crippen LogP contribution in [-0.4, -0.2) is 69.2 Å². The fraction of sp³-hybridized carbons (Fsp3) is 0.208. The predicted octanol–water partition coefficient (Wildman–Crippen LogP) is 9.11. The Kier molecular flexibility index (Phi) is 13.6. The van der Waals surface area contributed by atoms with E-state index in [1.165, 1.54) is 39.0 Å². The van der Waals surface area contributed by atoms with Gasteiger partial charge in [-0.25, -0.2) is 29.5 Å². The number of pyridine rings is 4. The number of aromatic carboxylic acids is 2. The lowest BCUT2D eigenvalue weighted by Crippen LogP contribution is -2.41. The topological polar surface area (TPSA) is 177 Å². The van der Waals surface area contributed by atoms with E-state index < -0.39 is 11.9 Å². The molecule has 4 N–H and O–H groups in total. The normalized spacial score (nSPS) is 13.7. The van der Waals surface area contributed by atoms with Crippen LogP contribution in [0, 0.1) is 13.8 Å². The molecule has 0 amide bonds. The van der Waals surface area contributed by atoms with Gasteiger partial charge in [-0.3, -0.25) is 8.80 Å². The number of carboxylic acid groups (broad SMARTS) is 2. The smallest absolute Gasteiger partial charge is 0.477 e. The van der Waals surface area contributed by atoms with Crippen molar-refractivity contribution in [3.63, 3.8) is 0 Å². The molecule has 0 unspecified atom stereocenters. The van der Waals surface area contributed by atoms with Crippen molar-refractivity contribution in [2.75, 3.05) is 10.6 Å². The Morgan fingerprint density at radius 1 is 0.625 bits per heavy atom. The van der Waals surface area contributed by atoms with E-state index in [4.69, 9.17) is 14.4 Å². The Balaban J connectivity index is 0.000000152. The summed E-state index contributed by atoms with van der Waals surface area (Å²) in [5.74, 6) is -0.356. The Labute approximate surface area is 379 Å². The first-order valence-corrected chi connectivity index (χ1v) is 21.3. The predicted molar refractivity (Wildman–Crippen MR) is 252 cm³/mol. The lowest BCUT2D eigenvalue weighted by Gasteiger charge is -2.32. The average Bonchev–Trinajstić information content (AvgIpc) is 3.95. The summed E-state index contributed by atoms with van der Waals surface area (Å²) >= 11 is 3.26. The minimum atomic E-state index is -1.01. The van der Waals surface area contributed by atoms with Crippen molar-refractivity contribution in [1.82, 2.24) is 28.7 Å². The van der Waals surface area contributed by atoms with Crippen molar-refractivity contribution in [3.05, 3.63) is 172 Å². The van der Waals surface area contributed by atoms with Crippen molar-refractivity contribution in [3.8, 4) is 11.1 Å². The van der Waals surface area contributed by atoms with E-state index in [-0.39, 0.29) is 29.7 Å². The van der Waals surface area contributed by atoms with Crippen LogP contribution in [0.3, 0.4) is 0 Å². The van der Waals surface area contributed by atoms with Gasteiger partial charge in [-0.1, -0.05) is 65.7 Å². The molecule has 0 atom stereocenters. The number of hydrogen-bond acceptors (Lipinski definition) is 10. The van der Waals surface area contributed by atoms with E-state index in [0.29, 0.717) is 17.8 Å². The van der Waals surface area contributed by atoms with Gasteiger partial charge >= 0.3 is 19.1 Å². The summed E-state index contributed by atoms with van der Waals surface area (Å²) in [6.07, 6.45) is 9.73. The number of carbonyl (C=O) groups is 2. The largest absolute Gasteiger partial charge is 0.496 e. The van der Waals surface area contributed by atoms with Gasteiger partial charge < -0.3 is 30.2 Å². The van der Waals surface area contributed by atoms with E-state index in [1.807, 2.05) is 48.7 Å². The van der Waals surface area contributed by atoms with E-state index >= 15 is 0 Å². The minimum absolute atomic E-state index is 0.135. The summed E-state index contributed by atoms with van der Waals surface area (Å²) in [5.41, 5.74) is 8.51. The van der Waals surface area contributed by atoms with E-state index in [1.54, 1.807) is 35.1 Å². The lowest BCUT2D eigenvalue weighted by atomic mass is 9.80. The second-order valence-electron chi connectivity index (χ2n) is 16.3. The molecule has 326 valence electrons. The van der Waals surface area contributed by atoms with Gasteiger partial charge in [-0.05, 0) is 111 Å². The van der Waals surface area contributed by atoms with Crippen LogP contribution in [0.25, 0.3) is 22.4 Å².